The van der Waals surface area contributed by atoms with E-state index < -0.39 is 34.9 Å². The van der Waals surface area contributed by atoms with Gasteiger partial charge in [-0.15, -0.1) is 0 Å². The van der Waals surface area contributed by atoms with Crippen molar-refractivity contribution in [3.63, 3.8) is 0 Å². The maximum Gasteiger partial charge on any atom is 1.00 e. The standard InChI is InChI=1S/C16H18FO7PS.2K/c17-13-6-3-8-15(11-13)24-14-7-1-4-12(10-14)5-2-9-16(25(18,19)20)26(21,22)23;;/h1,3-4,6-8,10-11,16H,2,5,9H2,(H2,18,19,20)(H,21,22,23);;/q;2*+1/p-2. The molecule has 0 aliphatic heterocycles. The molecule has 28 heavy (non-hydrogen) atoms. The molecule has 0 aliphatic carbocycles. The second-order valence-corrected chi connectivity index (χ2v) is 9.26. The number of benzene rings is 2. The SMILES string of the molecule is O=P([O-])([O-])C(CCCc1cccc(Oc2cccc(F)c2)c1)S(=O)(=O)O.[K+].[K+]. The molecule has 1 N–H and O–H groups in total. The Kier molecular flexibility index (Phi) is 13.8. The van der Waals surface area contributed by atoms with Crippen molar-refractivity contribution >= 4 is 17.7 Å². The largest absolute Gasteiger partial charge is 1.00 e. The Morgan fingerprint density at radius 3 is 2.18 bits per heavy atom. The van der Waals surface area contributed by atoms with Crippen molar-refractivity contribution in [3.05, 3.63) is 59.9 Å². The Labute approximate surface area is 248 Å². The third-order valence-corrected chi connectivity index (χ3v) is 7.00. The van der Waals surface area contributed by atoms with Crippen LogP contribution >= 0.6 is 7.60 Å². The van der Waals surface area contributed by atoms with Gasteiger partial charge >= 0.3 is 103 Å². The van der Waals surface area contributed by atoms with Gasteiger partial charge in [0, 0.05) is 6.07 Å². The number of aryl methyl sites for hydroxylation is 1. The molecular weight excluding hydrogens is 464 g/mol. The van der Waals surface area contributed by atoms with E-state index in [2.05, 4.69) is 0 Å². The Hall–Kier alpha value is 1.50. The molecule has 0 amide bonds. The summed E-state index contributed by atoms with van der Waals surface area (Å²) < 4.78 is 60.6. The Morgan fingerprint density at radius 2 is 1.64 bits per heavy atom. The van der Waals surface area contributed by atoms with Crippen molar-refractivity contribution in [2.75, 3.05) is 0 Å². The zero-order valence-corrected chi connectivity index (χ0v) is 23.4. The summed E-state index contributed by atoms with van der Waals surface area (Å²) >= 11 is 0. The van der Waals surface area contributed by atoms with Crippen molar-refractivity contribution in [2.24, 2.45) is 0 Å². The summed E-state index contributed by atoms with van der Waals surface area (Å²) in [5.41, 5.74) is 0.694. The van der Waals surface area contributed by atoms with Crippen molar-refractivity contribution in [1.82, 2.24) is 0 Å². The molecule has 0 saturated heterocycles. The van der Waals surface area contributed by atoms with E-state index >= 15 is 0 Å². The fourth-order valence-electron chi connectivity index (χ4n) is 2.38. The van der Waals surface area contributed by atoms with Gasteiger partial charge in [0.1, 0.15) is 22.3 Å². The predicted molar refractivity (Wildman–Crippen MR) is 88.8 cm³/mol. The summed E-state index contributed by atoms with van der Waals surface area (Å²) in [5, 5.41) is 0. The van der Waals surface area contributed by atoms with Crippen LogP contribution in [0.15, 0.2) is 48.5 Å². The van der Waals surface area contributed by atoms with Gasteiger partial charge in [-0.25, -0.2) is 4.39 Å². The molecule has 12 heteroatoms. The van der Waals surface area contributed by atoms with E-state index in [0.29, 0.717) is 17.1 Å². The Bertz CT molecular complexity index is 921. The maximum absolute atomic E-state index is 13.2. The van der Waals surface area contributed by atoms with Crippen LogP contribution in [0.1, 0.15) is 18.4 Å². The quantitative estimate of drug-likeness (QED) is 0.232. The van der Waals surface area contributed by atoms with E-state index in [1.165, 1.54) is 18.2 Å². The molecule has 0 fully saturated rings. The van der Waals surface area contributed by atoms with Gasteiger partial charge in [0.2, 0.25) is 0 Å². The first kappa shape index (κ1) is 29.5. The van der Waals surface area contributed by atoms with E-state index in [4.69, 9.17) is 9.29 Å². The van der Waals surface area contributed by atoms with Crippen LogP contribution in [-0.4, -0.2) is 18.0 Å². The summed E-state index contributed by atoms with van der Waals surface area (Å²) in [5.74, 6) is 0.263. The second kappa shape index (κ2) is 13.1. The van der Waals surface area contributed by atoms with Gasteiger partial charge in [-0.2, -0.15) is 8.42 Å². The molecular formula is C16H16FK2O7PS. The Morgan fingerprint density at radius 1 is 1.07 bits per heavy atom. The predicted octanol–water partition coefficient (Wildman–Crippen LogP) is -3.92. The number of hydrogen-bond acceptors (Lipinski definition) is 6. The maximum atomic E-state index is 13.2. The minimum absolute atomic E-state index is 0. The molecule has 142 valence electrons. The number of hydrogen-bond donors (Lipinski definition) is 1. The van der Waals surface area contributed by atoms with Crippen LogP contribution in [0.3, 0.4) is 0 Å². The Balaban J connectivity index is 0.00000364. The van der Waals surface area contributed by atoms with Crippen LogP contribution in [0.25, 0.3) is 0 Å². The number of rotatable bonds is 8. The molecule has 0 bridgehead atoms. The molecule has 2 aromatic rings. The molecule has 0 heterocycles. The van der Waals surface area contributed by atoms with Crippen molar-refractivity contribution < 1.29 is 139 Å². The molecule has 1 unspecified atom stereocenters. The summed E-state index contributed by atoms with van der Waals surface area (Å²) in [7, 11) is -10.5. The van der Waals surface area contributed by atoms with Crippen LogP contribution in [0, 0.1) is 5.82 Å². The van der Waals surface area contributed by atoms with Crippen molar-refractivity contribution in [1.29, 1.82) is 0 Å². The van der Waals surface area contributed by atoms with E-state index in [-0.39, 0.29) is 116 Å². The normalized spacial score (nSPS) is 12.4. The van der Waals surface area contributed by atoms with Gasteiger partial charge in [-0.3, -0.25) is 4.55 Å². The topological polar surface area (TPSA) is 127 Å². The van der Waals surface area contributed by atoms with Gasteiger partial charge in [0.25, 0.3) is 10.1 Å². The summed E-state index contributed by atoms with van der Waals surface area (Å²) in [6.07, 6.45) is -0.215. The molecule has 2 rings (SSSR count). The first-order valence-electron chi connectivity index (χ1n) is 7.56. The van der Waals surface area contributed by atoms with Gasteiger partial charge in [0.15, 0.2) is 0 Å². The molecule has 0 aliphatic rings. The van der Waals surface area contributed by atoms with Crippen LogP contribution < -0.4 is 117 Å². The molecule has 0 radical (unpaired) electrons. The molecule has 2 aromatic carbocycles. The van der Waals surface area contributed by atoms with E-state index in [1.54, 1.807) is 30.3 Å². The first-order valence-corrected chi connectivity index (χ1v) is 10.7. The molecule has 0 spiro atoms. The van der Waals surface area contributed by atoms with Gasteiger partial charge in [-0.05, 0) is 56.7 Å². The third-order valence-electron chi connectivity index (χ3n) is 3.54. The molecule has 1 atom stereocenters. The second-order valence-electron chi connectivity index (χ2n) is 5.61. The number of ether oxygens (including phenoxy) is 1. The summed E-state index contributed by atoms with van der Waals surface area (Å²) in [6.45, 7) is 0. The fraction of sp³-hybridized carbons (Fsp3) is 0.250. The zero-order valence-electron chi connectivity index (χ0n) is 15.4. The van der Waals surface area contributed by atoms with Gasteiger partial charge in [-0.1, -0.05) is 18.2 Å². The van der Waals surface area contributed by atoms with E-state index in [9.17, 15) is 27.2 Å². The van der Waals surface area contributed by atoms with Crippen LogP contribution in [0.2, 0.25) is 0 Å². The van der Waals surface area contributed by atoms with Crippen LogP contribution in [0.5, 0.6) is 11.5 Å². The molecule has 0 saturated carbocycles. The summed E-state index contributed by atoms with van der Waals surface area (Å²) in [4.78, 5) is 19.6. The third kappa shape index (κ3) is 10.2. The first-order chi connectivity index (χ1) is 12.1. The fourth-order valence-corrected chi connectivity index (χ4v) is 4.65. The number of halogens is 1. The average molecular weight is 481 g/mol. The molecule has 0 aromatic heterocycles. The van der Waals surface area contributed by atoms with Crippen LogP contribution in [-0.2, 0) is 21.1 Å². The summed E-state index contributed by atoms with van der Waals surface area (Å²) in [6, 6.07) is 12.2. The van der Waals surface area contributed by atoms with Crippen molar-refractivity contribution in [3.8, 4) is 11.5 Å². The van der Waals surface area contributed by atoms with Gasteiger partial charge in [0.05, 0.1) is 0 Å². The van der Waals surface area contributed by atoms with E-state index in [0.717, 1.165) is 0 Å². The van der Waals surface area contributed by atoms with Crippen molar-refractivity contribution in [2.45, 2.75) is 24.3 Å². The minimum Gasteiger partial charge on any atom is -0.810 e. The van der Waals surface area contributed by atoms with Gasteiger partial charge < -0.3 is 19.1 Å². The average Bonchev–Trinajstić information content (AvgIpc) is 2.49. The minimum atomic E-state index is -5.48. The molecule has 7 nitrogen and oxygen atoms in total. The van der Waals surface area contributed by atoms with E-state index in [1.807, 2.05) is 0 Å². The smallest absolute Gasteiger partial charge is 0.810 e. The van der Waals surface area contributed by atoms with Crippen LogP contribution in [0.4, 0.5) is 4.39 Å². The monoisotopic (exact) mass is 480 g/mol. The zero-order chi connectivity index (χ0) is 19.4.